The molecule has 0 N–H and O–H groups in total. The van der Waals surface area contributed by atoms with E-state index in [9.17, 15) is 34.9 Å². The minimum Gasteiger partial charge on any atom is -0.206 e. The van der Waals surface area contributed by atoms with Crippen molar-refractivity contribution in [1.82, 2.24) is 9.43 Å². The van der Waals surface area contributed by atoms with E-state index in [0.717, 1.165) is 0 Å². The summed E-state index contributed by atoms with van der Waals surface area (Å²) in [5.74, 6) is -2.35. The summed E-state index contributed by atoms with van der Waals surface area (Å²) in [7, 11) is -5.01. The van der Waals surface area contributed by atoms with Gasteiger partial charge in [0.1, 0.15) is 0 Å². The van der Waals surface area contributed by atoms with Crippen LogP contribution < -0.4 is 0 Å². The van der Waals surface area contributed by atoms with Crippen molar-refractivity contribution < 1.29 is 34.9 Å². The summed E-state index contributed by atoms with van der Waals surface area (Å²) in [5.41, 5.74) is 0. The molecule has 0 aliphatic carbocycles. The molecular formula is C5H4F6N2O2S. The molecule has 0 aromatic rings. The van der Waals surface area contributed by atoms with Gasteiger partial charge in [-0.05, 0) is 0 Å². The van der Waals surface area contributed by atoms with Crippen LogP contribution >= 0.6 is 0 Å². The number of sulfonamides is 1. The second kappa shape index (κ2) is 3.18. The highest BCUT2D eigenvalue weighted by atomic mass is 32.2. The molecule has 4 nitrogen and oxygen atoms in total. The third-order valence-corrected chi connectivity index (χ3v) is 2.70. The van der Waals surface area contributed by atoms with E-state index in [0.29, 0.717) is 0 Å². The van der Waals surface area contributed by atoms with Crippen molar-refractivity contribution >= 4 is 10.0 Å². The smallest absolute Gasteiger partial charge is 0.206 e. The fraction of sp³-hybridized carbons (Fsp3) is 0.600. The minimum absolute atomic E-state index is 0.0816. The average molecular weight is 270 g/mol. The Morgan fingerprint density at radius 2 is 1.62 bits per heavy atom. The molecule has 1 aliphatic heterocycles. The topological polar surface area (TPSA) is 40.6 Å². The average Bonchev–Trinajstić information content (AvgIpc) is 1.97. The van der Waals surface area contributed by atoms with Crippen LogP contribution in [0.15, 0.2) is 12.2 Å². The Morgan fingerprint density at radius 1 is 1.19 bits per heavy atom. The normalized spacial score (nSPS) is 24.3. The van der Waals surface area contributed by atoms with E-state index in [2.05, 4.69) is 0 Å². The third-order valence-electron chi connectivity index (χ3n) is 1.63. The van der Waals surface area contributed by atoms with E-state index < -0.39 is 43.7 Å². The monoisotopic (exact) mass is 270 g/mol. The van der Waals surface area contributed by atoms with Crippen LogP contribution in [0.5, 0.6) is 0 Å². The highest BCUT2D eigenvalue weighted by Gasteiger charge is 2.70. The predicted octanol–water partition coefficient (Wildman–Crippen LogP) is 1.40. The largest absolute Gasteiger partial charge is 0.435 e. The van der Waals surface area contributed by atoms with Crippen molar-refractivity contribution in [1.29, 1.82) is 0 Å². The standard InChI is InChI=1S/C5H4F6N2O2S/c1-16(14,15)13-3(6)2-12(11)4(7,8)5(13,9)10/h2H,1H3. The summed E-state index contributed by atoms with van der Waals surface area (Å²) in [5, 5.41) is -1.88. The van der Waals surface area contributed by atoms with Gasteiger partial charge in [-0.15, -0.1) is 5.12 Å². The van der Waals surface area contributed by atoms with Crippen molar-refractivity contribution in [3.63, 3.8) is 0 Å². The minimum atomic E-state index is -5.56. The second-order valence-electron chi connectivity index (χ2n) is 2.87. The summed E-state index contributed by atoms with van der Waals surface area (Å²) < 4.78 is 96.0. The van der Waals surface area contributed by atoms with Gasteiger partial charge in [-0.1, -0.05) is 4.48 Å². The van der Waals surface area contributed by atoms with Crippen LogP contribution in [-0.4, -0.2) is 36.2 Å². The van der Waals surface area contributed by atoms with E-state index in [1.165, 1.54) is 0 Å². The SMILES string of the molecule is CS(=O)(=O)N1C(F)=CN(F)C(F)(F)C1(F)F. The molecule has 0 spiro atoms. The zero-order chi connectivity index (χ0) is 12.9. The number of hydrogen-bond acceptors (Lipinski definition) is 3. The molecule has 0 saturated carbocycles. The van der Waals surface area contributed by atoms with E-state index in [4.69, 9.17) is 0 Å². The van der Waals surface area contributed by atoms with Crippen molar-refractivity contribution in [2.45, 2.75) is 12.1 Å². The fourth-order valence-electron chi connectivity index (χ4n) is 0.979. The van der Waals surface area contributed by atoms with Crippen LogP contribution in [0.3, 0.4) is 0 Å². The molecule has 1 aliphatic rings. The van der Waals surface area contributed by atoms with Crippen LogP contribution in [0.2, 0.25) is 0 Å². The predicted molar refractivity (Wildman–Crippen MR) is 38.7 cm³/mol. The highest BCUT2D eigenvalue weighted by molar-refractivity contribution is 7.88. The Balaban J connectivity index is 3.46. The lowest BCUT2D eigenvalue weighted by molar-refractivity contribution is -0.358. The third kappa shape index (κ3) is 1.58. The van der Waals surface area contributed by atoms with Crippen molar-refractivity contribution in [2.24, 2.45) is 0 Å². The van der Waals surface area contributed by atoms with Gasteiger partial charge in [0.15, 0.2) is 0 Å². The Kier molecular flexibility index (Phi) is 2.57. The molecule has 0 atom stereocenters. The van der Waals surface area contributed by atoms with Crippen LogP contribution in [-0.2, 0) is 10.0 Å². The fourth-order valence-corrected chi connectivity index (χ4v) is 1.87. The Morgan fingerprint density at radius 3 is 2.00 bits per heavy atom. The molecule has 0 fully saturated rings. The summed E-state index contributed by atoms with van der Waals surface area (Å²) >= 11 is 0. The molecule has 0 bridgehead atoms. The summed E-state index contributed by atoms with van der Waals surface area (Å²) in [6.45, 7) is 0. The lowest BCUT2D eigenvalue weighted by atomic mass is 10.4. The van der Waals surface area contributed by atoms with Crippen molar-refractivity contribution in [3.05, 3.63) is 12.2 Å². The maximum absolute atomic E-state index is 12.9. The van der Waals surface area contributed by atoms with Crippen LogP contribution in [0, 0.1) is 0 Å². The maximum Gasteiger partial charge on any atom is 0.435 e. The summed E-state index contributed by atoms with van der Waals surface area (Å²) in [6.07, 6.45) is -0.600. The molecule has 0 saturated heterocycles. The number of hydrogen-bond donors (Lipinski definition) is 0. The van der Waals surface area contributed by atoms with Crippen LogP contribution in [0.4, 0.5) is 26.4 Å². The first-order chi connectivity index (χ1) is 6.92. The van der Waals surface area contributed by atoms with Gasteiger partial charge in [0.25, 0.3) is 0 Å². The van der Waals surface area contributed by atoms with E-state index in [1.54, 1.807) is 0 Å². The molecule has 0 radical (unpaired) electrons. The van der Waals surface area contributed by atoms with Crippen LogP contribution in [0.25, 0.3) is 0 Å². The molecule has 1 rings (SSSR count). The van der Waals surface area contributed by atoms with Crippen LogP contribution in [0.1, 0.15) is 0 Å². The maximum atomic E-state index is 12.9. The molecule has 0 unspecified atom stereocenters. The van der Waals surface area contributed by atoms with Crippen molar-refractivity contribution in [3.8, 4) is 0 Å². The van der Waals surface area contributed by atoms with Gasteiger partial charge in [0.05, 0.1) is 12.5 Å². The van der Waals surface area contributed by atoms with E-state index >= 15 is 0 Å². The molecule has 94 valence electrons. The second-order valence-corrected chi connectivity index (χ2v) is 4.70. The van der Waals surface area contributed by atoms with Gasteiger partial charge in [-0.3, -0.25) is 0 Å². The Labute approximate surface area is 85.7 Å². The number of rotatable bonds is 1. The Bertz CT molecular complexity index is 432. The first-order valence-corrected chi connectivity index (χ1v) is 5.35. The lowest BCUT2D eigenvalue weighted by Gasteiger charge is -2.39. The summed E-state index contributed by atoms with van der Waals surface area (Å²) in [6, 6.07) is -11.1. The molecule has 1 heterocycles. The first kappa shape index (κ1) is 12.9. The molecule has 0 aromatic carbocycles. The quantitative estimate of drug-likeness (QED) is 0.411. The molecular weight excluding hydrogens is 266 g/mol. The zero-order valence-corrected chi connectivity index (χ0v) is 8.28. The van der Waals surface area contributed by atoms with Gasteiger partial charge in [0, 0.05) is 0 Å². The number of halogens is 6. The molecule has 16 heavy (non-hydrogen) atoms. The first-order valence-electron chi connectivity index (χ1n) is 3.51. The lowest BCUT2D eigenvalue weighted by Crippen LogP contribution is -2.62. The van der Waals surface area contributed by atoms with E-state index in [-0.39, 0.29) is 6.26 Å². The molecule has 0 aromatic heterocycles. The summed E-state index contributed by atoms with van der Waals surface area (Å²) in [4.78, 5) is 0. The molecule has 0 amide bonds. The van der Waals surface area contributed by atoms with Gasteiger partial charge in [0.2, 0.25) is 16.0 Å². The number of nitrogens with zero attached hydrogens (tertiary/aromatic N) is 2. The zero-order valence-electron chi connectivity index (χ0n) is 7.46. The highest BCUT2D eigenvalue weighted by Crippen LogP contribution is 2.46. The number of alkyl halides is 4. The van der Waals surface area contributed by atoms with Gasteiger partial charge in [-0.2, -0.15) is 26.3 Å². The Hall–Kier alpha value is -1.13. The molecule has 11 heteroatoms. The van der Waals surface area contributed by atoms with E-state index in [1.807, 2.05) is 0 Å². The van der Waals surface area contributed by atoms with Gasteiger partial charge in [-0.25, -0.2) is 8.42 Å². The van der Waals surface area contributed by atoms with Gasteiger partial charge < -0.3 is 0 Å². The van der Waals surface area contributed by atoms with Crippen molar-refractivity contribution in [2.75, 3.05) is 6.26 Å². The van der Waals surface area contributed by atoms with Gasteiger partial charge >= 0.3 is 12.1 Å².